The highest BCUT2D eigenvalue weighted by Gasteiger charge is 2.26. The van der Waals surface area contributed by atoms with Crippen molar-refractivity contribution in [2.75, 3.05) is 30.4 Å². The quantitative estimate of drug-likeness (QED) is 0.481. The van der Waals surface area contributed by atoms with Crippen LogP contribution in [0.15, 0.2) is 18.3 Å². The Morgan fingerprint density at radius 2 is 1.84 bits per heavy atom. The Labute approximate surface area is 217 Å². The van der Waals surface area contributed by atoms with Crippen LogP contribution in [0.4, 0.5) is 22.2 Å². The van der Waals surface area contributed by atoms with Crippen LogP contribution in [0, 0.1) is 0 Å². The van der Waals surface area contributed by atoms with Crippen molar-refractivity contribution in [3.63, 3.8) is 0 Å². The summed E-state index contributed by atoms with van der Waals surface area (Å²) in [5.41, 5.74) is 13.8. The van der Waals surface area contributed by atoms with Gasteiger partial charge in [0, 0.05) is 42.8 Å². The van der Waals surface area contributed by atoms with Crippen LogP contribution in [0.5, 0.6) is 0 Å². The molecule has 2 aromatic rings. The number of hydrogen-bond acceptors (Lipinski definition) is 9. The minimum Gasteiger partial charge on any atom is -0.445 e. The normalized spacial score (nSPS) is 22.1. The molecule has 0 aromatic carbocycles. The summed E-state index contributed by atoms with van der Waals surface area (Å²) < 4.78 is 10.7. The van der Waals surface area contributed by atoms with Crippen LogP contribution in [0.1, 0.15) is 86.0 Å². The van der Waals surface area contributed by atoms with Crippen molar-refractivity contribution < 1.29 is 19.1 Å². The van der Waals surface area contributed by atoms with Crippen LogP contribution in [0.3, 0.4) is 0 Å². The largest absolute Gasteiger partial charge is 0.445 e. The van der Waals surface area contributed by atoms with Crippen molar-refractivity contribution in [3.8, 4) is 0 Å². The van der Waals surface area contributed by atoms with Crippen LogP contribution >= 0.6 is 0 Å². The summed E-state index contributed by atoms with van der Waals surface area (Å²) in [4.78, 5) is 39.3. The number of hydrogen-bond donors (Lipinski definition) is 3. The van der Waals surface area contributed by atoms with Crippen molar-refractivity contribution >= 4 is 29.5 Å². The Hall–Kier alpha value is -3.47. The number of anilines is 3. The van der Waals surface area contributed by atoms with Crippen molar-refractivity contribution in [3.05, 3.63) is 35.3 Å². The average Bonchev–Trinajstić information content (AvgIpc) is 2.88. The van der Waals surface area contributed by atoms with E-state index in [1.54, 1.807) is 7.11 Å². The van der Waals surface area contributed by atoms with Gasteiger partial charge in [0.15, 0.2) is 0 Å². The second-order valence-corrected chi connectivity index (χ2v) is 10.1. The Morgan fingerprint density at radius 3 is 2.49 bits per heavy atom. The van der Waals surface area contributed by atoms with Gasteiger partial charge < -0.3 is 31.2 Å². The van der Waals surface area contributed by atoms with Crippen molar-refractivity contribution in [1.29, 1.82) is 0 Å². The van der Waals surface area contributed by atoms with E-state index in [-0.39, 0.29) is 17.6 Å². The number of nitrogens with two attached hydrogens (primary N) is 2. The van der Waals surface area contributed by atoms with E-state index < -0.39 is 12.0 Å². The third kappa shape index (κ3) is 6.65. The van der Waals surface area contributed by atoms with E-state index in [0.29, 0.717) is 43.3 Å². The Kier molecular flexibility index (Phi) is 8.42. The molecule has 11 heteroatoms. The third-order valence-electron chi connectivity index (χ3n) is 7.13. The molecular weight excluding hydrogens is 474 g/mol. The average molecular weight is 512 g/mol. The van der Waals surface area contributed by atoms with Gasteiger partial charge in [-0.05, 0) is 56.6 Å². The molecule has 1 unspecified atom stereocenters. The van der Waals surface area contributed by atoms with E-state index >= 15 is 0 Å². The molecular formula is C26H37N7O4. The molecule has 1 saturated heterocycles. The smallest absolute Gasteiger partial charge is 0.404 e. The summed E-state index contributed by atoms with van der Waals surface area (Å²) >= 11 is 0. The van der Waals surface area contributed by atoms with Crippen LogP contribution in [-0.4, -0.2) is 59.4 Å². The highest BCUT2D eigenvalue weighted by molar-refractivity contribution is 5.98. The van der Waals surface area contributed by atoms with E-state index in [1.807, 2.05) is 17.0 Å². The minimum absolute atomic E-state index is 0.191. The van der Waals surface area contributed by atoms with Gasteiger partial charge in [0.1, 0.15) is 17.5 Å². The van der Waals surface area contributed by atoms with Crippen molar-refractivity contribution in [2.45, 2.75) is 76.4 Å². The minimum atomic E-state index is -0.802. The number of ether oxygens (including phenoxy) is 2. The molecule has 0 spiro atoms. The zero-order chi connectivity index (χ0) is 26.5. The Balaban J connectivity index is 1.62. The zero-order valence-electron chi connectivity index (χ0n) is 21.8. The molecule has 5 N–H and O–H groups in total. The molecule has 2 aliphatic rings. The number of rotatable bonds is 8. The van der Waals surface area contributed by atoms with E-state index in [2.05, 4.69) is 29.1 Å². The Morgan fingerprint density at radius 1 is 1.08 bits per heavy atom. The van der Waals surface area contributed by atoms with Gasteiger partial charge in [0.25, 0.3) is 5.91 Å². The number of pyridine rings is 1. The molecule has 1 atom stereocenters. The van der Waals surface area contributed by atoms with Crippen molar-refractivity contribution in [2.24, 2.45) is 11.5 Å². The van der Waals surface area contributed by atoms with Gasteiger partial charge in [-0.25, -0.2) is 9.78 Å². The number of nitrogens with one attached hydrogen (secondary N) is 1. The van der Waals surface area contributed by atoms with E-state index in [1.165, 1.54) is 6.20 Å². The standard InChI is InChI=1S/C26H37N7O4/c1-15(2)21-11-17(12-22(31-21)16-6-8-18(36-3)9-7-16)30-24-20(23(27)34)13-29-26(32-24)33-10-4-5-19(14-33)37-25(28)35/h11-13,15-16,18-19H,4-10,14H2,1-3H3,(H2,27,34)(H2,28,35)(H,29,30,31,32). The first-order valence-electron chi connectivity index (χ1n) is 12.9. The van der Waals surface area contributed by atoms with E-state index in [4.69, 9.17) is 25.9 Å². The maximum Gasteiger partial charge on any atom is 0.404 e. The van der Waals surface area contributed by atoms with Crippen LogP contribution < -0.4 is 21.7 Å². The number of carbonyl (C=O) groups is 2. The molecule has 0 radical (unpaired) electrons. The van der Waals surface area contributed by atoms with Gasteiger partial charge in [-0.2, -0.15) is 4.98 Å². The van der Waals surface area contributed by atoms with Gasteiger partial charge in [-0.15, -0.1) is 0 Å². The summed E-state index contributed by atoms with van der Waals surface area (Å²) in [5, 5.41) is 3.32. The number of methoxy groups -OCH3 is 1. The van der Waals surface area contributed by atoms with Crippen LogP contribution in [0.25, 0.3) is 0 Å². The van der Waals surface area contributed by atoms with Crippen LogP contribution in [0.2, 0.25) is 0 Å². The lowest BCUT2D eigenvalue weighted by atomic mass is 9.84. The predicted octanol–water partition coefficient (Wildman–Crippen LogP) is 3.57. The number of piperidine rings is 1. The molecule has 2 fully saturated rings. The second kappa shape index (κ2) is 11.7. The highest BCUT2D eigenvalue weighted by Crippen LogP contribution is 2.35. The number of primary amides is 2. The molecule has 4 rings (SSSR count). The topological polar surface area (TPSA) is 159 Å². The monoisotopic (exact) mass is 511 g/mol. The number of nitrogens with zero attached hydrogens (tertiary/aromatic N) is 4. The maximum absolute atomic E-state index is 12.2. The summed E-state index contributed by atoms with van der Waals surface area (Å²) in [6.45, 7) is 5.32. The van der Waals surface area contributed by atoms with Gasteiger partial charge >= 0.3 is 6.09 Å². The molecule has 11 nitrogen and oxygen atoms in total. The van der Waals surface area contributed by atoms with Gasteiger partial charge in [-0.3, -0.25) is 9.78 Å². The first-order valence-corrected chi connectivity index (χ1v) is 12.9. The fourth-order valence-electron chi connectivity index (χ4n) is 5.06. The maximum atomic E-state index is 12.2. The molecule has 200 valence electrons. The molecule has 0 bridgehead atoms. The first-order chi connectivity index (χ1) is 17.7. The van der Waals surface area contributed by atoms with E-state index in [9.17, 15) is 9.59 Å². The highest BCUT2D eigenvalue weighted by atomic mass is 16.6. The molecule has 2 amide bonds. The molecule has 2 aromatic heterocycles. The lowest BCUT2D eigenvalue weighted by molar-refractivity contribution is 0.0655. The number of amides is 2. The summed E-state index contributed by atoms with van der Waals surface area (Å²) in [5.74, 6) is 0.687. The fourth-order valence-corrected chi connectivity index (χ4v) is 5.06. The van der Waals surface area contributed by atoms with Gasteiger partial charge in [0.2, 0.25) is 5.95 Å². The third-order valence-corrected chi connectivity index (χ3v) is 7.13. The summed E-state index contributed by atoms with van der Waals surface area (Å²) in [6.07, 6.45) is 6.15. The lowest BCUT2D eigenvalue weighted by Gasteiger charge is -2.32. The molecule has 1 saturated carbocycles. The van der Waals surface area contributed by atoms with Crippen molar-refractivity contribution in [1.82, 2.24) is 15.0 Å². The SMILES string of the molecule is COC1CCC(c2cc(Nc3nc(N4CCCC(OC(N)=O)C4)ncc3C(N)=O)cc(C(C)C)n2)CC1. The van der Waals surface area contributed by atoms with Gasteiger partial charge in [0.05, 0.1) is 12.6 Å². The lowest BCUT2D eigenvalue weighted by Crippen LogP contribution is -2.42. The van der Waals surface area contributed by atoms with E-state index in [0.717, 1.165) is 49.2 Å². The predicted molar refractivity (Wildman–Crippen MR) is 140 cm³/mol. The molecule has 3 heterocycles. The summed E-state index contributed by atoms with van der Waals surface area (Å²) in [7, 11) is 1.77. The second-order valence-electron chi connectivity index (χ2n) is 10.1. The molecule has 1 aliphatic heterocycles. The first kappa shape index (κ1) is 26.6. The van der Waals surface area contributed by atoms with Gasteiger partial charge in [-0.1, -0.05) is 13.8 Å². The zero-order valence-corrected chi connectivity index (χ0v) is 21.8. The Bertz CT molecular complexity index is 1120. The molecule has 1 aliphatic carbocycles. The number of aromatic nitrogens is 3. The number of carbonyl (C=O) groups excluding carboxylic acids is 2. The fraction of sp³-hybridized carbons (Fsp3) is 0.577. The summed E-state index contributed by atoms with van der Waals surface area (Å²) in [6, 6.07) is 4.02. The molecule has 37 heavy (non-hydrogen) atoms. The van der Waals surface area contributed by atoms with Crippen LogP contribution in [-0.2, 0) is 9.47 Å².